The van der Waals surface area contributed by atoms with E-state index in [0.29, 0.717) is 6.54 Å². The molecule has 1 heteroatoms. The number of nitrogens with two attached hydrogens (primary N) is 1. The first kappa shape index (κ1) is 11.7. The summed E-state index contributed by atoms with van der Waals surface area (Å²) in [5.41, 5.74) is 8.75. The van der Waals surface area contributed by atoms with Gasteiger partial charge in [0.05, 0.1) is 0 Å². The van der Waals surface area contributed by atoms with Crippen LogP contribution in [0.4, 0.5) is 0 Å². The lowest BCUT2D eigenvalue weighted by Gasteiger charge is -2.24. The quantitative estimate of drug-likeness (QED) is 0.828. The van der Waals surface area contributed by atoms with Crippen LogP contribution in [0, 0.1) is 0 Å². The molecule has 0 radical (unpaired) electrons. The van der Waals surface area contributed by atoms with Gasteiger partial charge in [-0.15, -0.1) is 0 Å². The molecule has 0 saturated heterocycles. The zero-order valence-electron chi connectivity index (χ0n) is 10.9. The normalized spacial score (nSPS) is 17.2. The van der Waals surface area contributed by atoms with E-state index in [9.17, 15) is 0 Å². The second-order valence-corrected chi connectivity index (χ2v) is 5.40. The van der Waals surface area contributed by atoms with Crippen LogP contribution in [-0.4, -0.2) is 0 Å². The average Bonchev–Trinajstić information content (AvgIpc) is 2.47. The molecule has 0 heterocycles. The fraction of sp³-hybridized carbons (Fsp3) is 0.412. The molecule has 2 aromatic carbocycles. The smallest absolute Gasteiger partial charge is 0.0184 e. The lowest BCUT2D eigenvalue weighted by Crippen LogP contribution is -2.07. The molecule has 2 aromatic rings. The van der Waals surface area contributed by atoms with Crippen molar-refractivity contribution in [1.82, 2.24) is 0 Å². The van der Waals surface area contributed by atoms with Crippen molar-refractivity contribution in [2.75, 3.05) is 0 Å². The number of fused-ring (bicyclic) bond motifs is 1. The Labute approximate surface area is 109 Å². The molecule has 3 rings (SSSR count). The number of benzene rings is 2. The Hall–Kier alpha value is -1.34. The molecule has 94 valence electrons. The molecule has 2 N–H and O–H groups in total. The fourth-order valence-electron chi connectivity index (χ4n) is 3.37. The topological polar surface area (TPSA) is 26.0 Å². The van der Waals surface area contributed by atoms with Crippen LogP contribution >= 0.6 is 0 Å². The van der Waals surface area contributed by atoms with Gasteiger partial charge in [0.15, 0.2) is 0 Å². The van der Waals surface area contributed by atoms with E-state index in [-0.39, 0.29) is 0 Å². The number of hydrogen-bond acceptors (Lipinski definition) is 1. The Morgan fingerprint density at radius 3 is 2.39 bits per heavy atom. The number of hydrogen-bond donors (Lipinski definition) is 1. The summed E-state index contributed by atoms with van der Waals surface area (Å²) >= 11 is 0. The van der Waals surface area contributed by atoms with Gasteiger partial charge >= 0.3 is 0 Å². The van der Waals surface area contributed by atoms with Gasteiger partial charge in [0, 0.05) is 6.54 Å². The molecule has 1 aliphatic carbocycles. The second-order valence-electron chi connectivity index (χ2n) is 5.40. The molecular weight excluding hydrogens is 218 g/mol. The van der Waals surface area contributed by atoms with E-state index in [4.69, 9.17) is 5.73 Å². The molecule has 0 aromatic heterocycles. The first-order chi connectivity index (χ1) is 8.90. The summed E-state index contributed by atoms with van der Waals surface area (Å²) in [6, 6.07) is 13.2. The van der Waals surface area contributed by atoms with Crippen molar-refractivity contribution in [2.24, 2.45) is 5.73 Å². The summed E-state index contributed by atoms with van der Waals surface area (Å²) in [4.78, 5) is 0. The monoisotopic (exact) mass is 239 g/mol. The highest BCUT2D eigenvalue weighted by Gasteiger charge is 2.18. The molecule has 1 fully saturated rings. The van der Waals surface area contributed by atoms with Crippen LogP contribution in [0.25, 0.3) is 10.8 Å². The highest BCUT2D eigenvalue weighted by molar-refractivity contribution is 5.89. The summed E-state index contributed by atoms with van der Waals surface area (Å²) in [7, 11) is 0. The summed E-state index contributed by atoms with van der Waals surface area (Å²) < 4.78 is 0. The third-order valence-electron chi connectivity index (χ3n) is 4.29. The van der Waals surface area contributed by atoms with Crippen molar-refractivity contribution in [1.29, 1.82) is 0 Å². The van der Waals surface area contributed by atoms with Crippen LogP contribution in [-0.2, 0) is 6.54 Å². The van der Waals surface area contributed by atoms with Crippen LogP contribution in [0.3, 0.4) is 0 Å². The van der Waals surface area contributed by atoms with Gasteiger partial charge in [-0.25, -0.2) is 0 Å². The summed E-state index contributed by atoms with van der Waals surface area (Å²) in [6.07, 6.45) is 6.86. The van der Waals surface area contributed by atoms with Crippen molar-refractivity contribution >= 4 is 10.8 Å². The van der Waals surface area contributed by atoms with E-state index in [1.807, 2.05) is 0 Å². The summed E-state index contributed by atoms with van der Waals surface area (Å²) in [5.74, 6) is 0.746. The van der Waals surface area contributed by atoms with Gasteiger partial charge in [-0.05, 0) is 40.7 Å². The molecule has 1 aliphatic rings. The van der Waals surface area contributed by atoms with Crippen molar-refractivity contribution in [3.8, 4) is 0 Å². The molecule has 0 atom stereocenters. The number of rotatable bonds is 2. The van der Waals surface area contributed by atoms with Gasteiger partial charge in [0.2, 0.25) is 0 Å². The predicted molar refractivity (Wildman–Crippen MR) is 77.7 cm³/mol. The van der Waals surface area contributed by atoms with E-state index in [2.05, 4.69) is 36.4 Å². The molecule has 0 unspecified atom stereocenters. The first-order valence-electron chi connectivity index (χ1n) is 7.11. The van der Waals surface area contributed by atoms with Gasteiger partial charge in [-0.3, -0.25) is 0 Å². The van der Waals surface area contributed by atoms with Gasteiger partial charge in [0.1, 0.15) is 0 Å². The lowest BCUT2D eigenvalue weighted by atomic mass is 9.81. The predicted octanol–water partition coefficient (Wildman–Crippen LogP) is 4.35. The lowest BCUT2D eigenvalue weighted by molar-refractivity contribution is 0.445. The van der Waals surface area contributed by atoms with Crippen LogP contribution in [0.5, 0.6) is 0 Å². The Balaban J connectivity index is 2.15. The van der Waals surface area contributed by atoms with E-state index >= 15 is 0 Å². The third-order valence-corrected chi connectivity index (χ3v) is 4.29. The standard InChI is InChI=1S/C17H21N/c18-12-15-10-4-8-14-9-5-11-16(17(14)15)13-6-2-1-3-7-13/h4-5,8-11,13H,1-3,6-7,12,18H2. The van der Waals surface area contributed by atoms with Crippen molar-refractivity contribution < 1.29 is 0 Å². The SMILES string of the molecule is NCc1cccc2cccc(C3CCCCC3)c12. The minimum Gasteiger partial charge on any atom is -0.326 e. The van der Waals surface area contributed by atoms with Crippen LogP contribution in [0.15, 0.2) is 36.4 Å². The Morgan fingerprint density at radius 1 is 0.944 bits per heavy atom. The van der Waals surface area contributed by atoms with Gasteiger partial charge < -0.3 is 5.73 Å². The van der Waals surface area contributed by atoms with Crippen LogP contribution in [0.1, 0.15) is 49.1 Å². The zero-order chi connectivity index (χ0) is 12.4. The molecule has 0 spiro atoms. The Kier molecular flexibility index (Phi) is 3.33. The molecule has 0 aliphatic heterocycles. The van der Waals surface area contributed by atoms with Crippen molar-refractivity contribution in [3.63, 3.8) is 0 Å². The van der Waals surface area contributed by atoms with Crippen molar-refractivity contribution in [2.45, 2.75) is 44.6 Å². The molecule has 1 nitrogen and oxygen atoms in total. The Bertz CT molecular complexity index is 533. The third kappa shape index (κ3) is 2.04. The highest BCUT2D eigenvalue weighted by atomic mass is 14.5. The van der Waals surface area contributed by atoms with Gasteiger partial charge in [0.25, 0.3) is 0 Å². The maximum Gasteiger partial charge on any atom is 0.0184 e. The maximum atomic E-state index is 5.91. The van der Waals surface area contributed by atoms with E-state index in [1.165, 1.54) is 54.0 Å². The fourth-order valence-corrected chi connectivity index (χ4v) is 3.37. The van der Waals surface area contributed by atoms with Crippen LogP contribution in [0.2, 0.25) is 0 Å². The first-order valence-corrected chi connectivity index (χ1v) is 7.11. The van der Waals surface area contributed by atoms with E-state index in [1.54, 1.807) is 0 Å². The average molecular weight is 239 g/mol. The molecular formula is C17H21N. The highest BCUT2D eigenvalue weighted by Crippen LogP contribution is 2.37. The van der Waals surface area contributed by atoms with Crippen molar-refractivity contribution in [3.05, 3.63) is 47.5 Å². The maximum absolute atomic E-state index is 5.91. The molecule has 0 bridgehead atoms. The molecule has 18 heavy (non-hydrogen) atoms. The van der Waals surface area contributed by atoms with Gasteiger partial charge in [-0.1, -0.05) is 55.7 Å². The summed E-state index contributed by atoms with van der Waals surface area (Å²) in [6.45, 7) is 0.640. The largest absolute Gasteiger partial charge is 0.326 e. The molecule has 1 saturated carbocycles. The minimum atomic E-state index is 0.640. The summed E-state index contributed by atoms with van der Waals surface area (Å²) in [5, 5.41) is 2.77. The van der Waals surface area contributed by atoms with Gasteiger partial charge in [-0.2, -0.15) is 0 Å². The van der Waals surface area contributed by atoms with E-state index < -0.39 is 0 Å². The van der Waals surface area contributed by atoms with E-state index in [0.717, 1.165) is 5.92 Å². The zero-order valence-corrected chi connectivity index (χ0v) is 10.9. The second kappa shape index (κ2) is 5.11. The Morgan fingerprint density at radius 2 is 1.67 bits per heavy atom. The minimum absolute atomic E-state index is 0.640. The van der Waals surface area contributed by atoms with Crippen LogP contribution < -0.4 is 5.73 Å². The molecule has 0 amide bonds.